The van der Waals surface area contributed by atoms with Crippen LogP contribution in [0.2, 0.25) is 0 Å². The molecule has 22 heavy (non-hydrogen) atoms. The van der Waals surface area contributed by atoms with Gasteiger partial charge in [0.2, 0.25) is 5.88 Å². The molecule has 7 N–H and O–H groups in total. The van der Waals surface area contributed by atoms with Gasteiger partial charge in [-0.15, -0.1) is 0 Å². The molecule has 0 saturated heterocycles. The summed E-state index contributed by atoms with van der Waals surface area (Å²) < 4.78 is 43.6. The van der Waals surface area contributed by atoms with E-state index in [0.717, 1.165) is 6.07 Å². The molecule has 0 aromatic carbocycles. The molecule has 0 atom stereocenters. The first kappa shape index (κ1) is 17.5. The molecule has 0 aliphatic heterocycles. The number of hydrogen-bond donors (Lipinski definition) is 3. The summed E-state index contributed by atoms with van der Waals surface area (Å²) in [5, 5.41) is 0. The molecule has 0 amide bonds. The summed E-state index contributed by atoms with van der Waals surface area (Å²) in [7, 11) is 0. The number of pyridine rings is 2. The van der Waals surface area contributed by atoms with Crippen LogP contribution >= 0.6 is 0 Å². The predicted molar refractivity (Wildman–Crippen MR) is 77.5 cm³/mol. The van der Waals surface area contributed by atoms with Crippen LogP contribution in [0.1, 0.15) is 12.5 Å². The monoisotopic (exact) mass is 315 g/mol. The van der Waals surface area contributed by atoms with Crippen LogP contribution in [0.15, 0.2) is 24.4 Å². The number of nitrogens with zero attached hydrogens (tertiary/aromatic N) is 2. The maximum Gasteiger partial charge on any atom is 0.421 e. The largest absolute Gasteiger partial charge is 0.478 e. The molecule has 0 radical (unpaired) electrons. The van der Waals surface area contributed by atoms with Gasteiger partial charge in [0.15, 0.2) is 0 Å². The number of halogens is 3. The van der Waals surface area contributed by atoms with Crippen molar-refractivity contribution < 1.29 is 17.9 Å². The van der Waals surface area contributed by atoms with Gasteiger partial charge < -0.3 is 22.4 Å². The Morgan fingerprint density at radius 2 is 1.86 bits per heavy atom. The van der Waals surface area contributed by atoms with E-state index in [0.29, 0.717) is 5.56 Å². The van der Waals surface area contributed by atoms with E-state index in [1.54, 1.807) is 6.92 Å². The van der Waals surface area contributed by atoms with Gasteiger partial charge in [-0.3, -0.25) is 0 Å². The normalized spacial score (nSPS) is 10.9. The molecular weight excluding hydrogens is 299 g/mol. The second-order valence-corrected chi connectivity index (χ2v) is 4.14. The molecule has 6 nitrogen and oxygen atoms in total. The lowest BCUT2D eigenvalue weighted by atomic mass is 10.1. The van der Waals surface area contributed by atoms with Crippen molar-refractivity contribution >= 4 is 11.5 Å². The highest BCUT2D eigenvalue weighted by atomic mass is 19.4. The maximum absolute atomic E-state index is 12.9. The van der Waals surface area contributed by atoms with Gasteiger partial charge in [0.05, 0.1) is 18.0 Å². The second kappa shape index (κ2) is 6.48. The van der Waals surface area contributed by atoms with E-state index < -0.39 is 17.6 Å². The number of aromatic nitrogens is 2. The Bertz CT molecular complexity index is 661. The summed E-state index contributed by atoms with van der Waals surface area (Å²) in [6.45, 7) is 1.64. The summed E-state index contributed by atoms with van der Waals surface area (Å²) in [6.07, 6.45) is -3.14. The smallest absolute Gasteiger partial charge is 0.421 e. The van der Waals surface area contributed by atoms with Gasteiger partial charge in [-0.2, -0.15) is 13.2 Å². The SMILES string of the molecule is CCOc1nc(-c2ccnc(N)c2N)ccc1C(F)(F)F.N. The molecular formula is C13H16F3N5O. The van der Waals surface area contributed by atoms with E-state index in [1.165, 1.54) is 18.3 Å². The lowest BCUT2D eigenvalue weighted by Crippen LogP contribution is -2.10. The Morgan fingerprint density at radius 3 is 2.45 bits per heavy atom. The third kappa shape index (κ3) is 3.37. The second-order valence-electron chi connectivity index (χ2n) is 4.14. The van der Waals surface area contributed by atoms with Gasteiger partial charge in [0.25, 0.3) is 0 Å². The Balaban J connectivity index is 0.00000242. The fourth-order valence-corrected chi connectivity index (χ4v) is 1.77. The number of anilines is 2. The molecule has 0 unspecified atom stereocenters. The van der Waals surface area contributed by atoms with Crippen molar-refractivity contribution in [3.8, 4) is 17.1 Å². The van der Waals surface area contributed by atoms with E-state index in [1.807, 2.05) is 0 Å². The Kier molecular flexibility index (Phi) is 5.15. The van der Waals surface area contributed by atoms with Crippen molar-refractivity contribution in [3.63, 3.8) is 0 Å². The van der Waals surface area contributed by atoms with Crippen LogP contribution in [0.4, 0.5) is 24.7 Å². The van der Waals surface area contributed by atoms with Crippen molar-refractivity contribution in [2.45, 2.75) is 13.1 Å². The highest BCUT2D eigenvalue weighted by molar-refractivity contribution is 5.80. The number of nitrogens with two attached hydrogens (primary N) is 2. The quantitative estimate of drug-likeness (QED) is 0.800. The lowest BCUT2D eigenvalue weighted by Gasteiger charge is -2.14. The summed E-state index contributed by atoms with van der Waals surface area (Å²) in [5.41, 5.74) is 11.2. The highest BCUT2D eigenvalue weighted by Crippen LogP contribution is 2.37. The number of rotatable bonds is 3. The van der Waals surface area contributed by atoms with E-state index >= 15 is 0 Å². The van der Waals surface area contributed by atoms with Gasteiger partial charge in [0, 0.05) is 11.8 Å². The summed E-state index contributed by atoms with van der Waals surface area (Å²) in [5.74, 6) is -0.399. The Labute approximate surface area is 124 Å². The van der Waals surface area contributed by atoms with Gasteiger partial charge >= 0.3 is 6.18 Å². The molecule has 9 heteroatoms. The van der Waals surface area contributed by atoms with E-state index in [2.05, 4.69) is 9.97 Å². The van der Waals surface area contributed by atoms with E-state index in [4.69, 9.17) is 16.2 Å². The molecule has 2 aromatic rings. The Hall–Kier alpha value is -2.55. The zero-order chi connectivity index (χ0) is 15.6. The van der Waals surface area contributed by atoms with Crippen molar-refractivity contribution in [1.29, 1.82) is 0 Å². The molecule has 2 rings (SSSR count). The molecule has 0 spiro atoms. The third-order valence-corrected chi connectivity index (χ3v) is 2.74. The maximum atomic E-state index is 12.9. The Morgan fingerprint density at radius 1 is 1.18 bits per heavy atom. The number of alkyl halides is 3. The minimum atomic E-state index is -4.54. The first-order valence-electron chi connectivity index (χ1n) is 6.06. The molecule has 2 aromatic heterocycles. The number of hydrogen-bond acceptors (Lipinski definition) is 6. The molecule has 0 aliphatic carbocycles. The van der Waals surface area contributed by atoms with E-state index in [9.17, 15) is 13.2 Å². The summed E-state index contributed by atoms with van der Waals surface area (Å²) in [4.78, 5) is 7.69. The zero-order valence-corrected chi connectivity index (χ0v) is 11.8. The number of nitrogen functional groups attached to an aromatic ring is 2. The van der Waals surface area contributed by atoms with Crippen molar-refractivity contribution in [2.24, 2.45) is 0 Å². The highest BCUT2D eigenvalue weighted by Gasteiger charge is 2.35. The lowest BCUT2D eigenvalue weighted by molar-refractivity contribution is -0.139. The number of ether oxygens (including phenoxy) is 1. The molecule has 120 valence electrons. The summed E-state index contributed by atoms with van der Waals surface area (Å²) >= 11 is 0. The van der Waals surface area contributed by atoms with Gasteiger partial charge in [0.1, 0.15) is 11.4 Å². The average Bonchev–Trinajstić information content (AvgIpc) is 2.41. The predicted octanol–water partition coefficient (Wildman–Crippen LogP) is 2.89. The van der Waals surface area contributed by atoms with Crippen LogP contribution in [-0.2, 0) is 6.18 Å². The van der Waals surface area contributed by atoms with Crippen LogP contribution in [0.25, 0.3) is 11.3 Å². The fourth-order valence-electron chi connectivity index (χ4n) is 1.77. The van der Waals surface area contributed by atoms with Crippen LogP contribution in [-0.4, -0.2) is 16.6 Å². The van der Waals surface area contributed by atoms with Crippen LogP contribution in [0.3, 0.4) is 0 Å². The van der Waals surface area contributed by atoms with Crippen LogP contribution in [0, 0.1) is 0 Å². The van der Waals surface area contributed by atoms with Crippen molar-refractivity contribution in [1.82, 2.24) is 16.1 Å². The van der Waals surface area contributed by atoms with Gasteiger partial charge in [-0.1, -0.05) is 0 Å². The molecule has 2 heterocycles. The minimum Gasteiger partial charge on any atom is -0.478 e. The van der Waals surface area contributed by atoms with Crippen molar-refractivity contribution in [3.05, 3.63) is 30.0 Å². The van der Waals surface area contributed by atoms with E-state index in [-0.39, 0.29) is 30.0 Å². The zero-order valence-electron chi connectivity index (χ0n) is 11.8. The van der Waals surface area contributed by atoms with Crippen molar-refractivity contribution in [2.75, 3.05) is 18.1 Å². The summed E-state index contributed by atoms with van der Waals surface area (Å²) in [6, 6.07) is 3.65. The molecule has 0 bridgehead atoms. The van der Waals surface area contributed by atoms with Gasteiger partial charge in [-0.05, 0) is 25.1 Å². The molecule has 0 aliphatic rings. The van der Waals surface area contributed by atoms with Gasteiger partial charge in [-0.25, -0.2) is 9.97 Å². The first-order valence-corrected chi connectivity index (χ1v) is 6.06. The standard InChI is InChI=1S/C13H13F3N4O.H3N/c1-2-21-12-8(13(14,15)16)3-4-9(20-12)7-5-6-19-11(18)10(7)17;/h3-6H,2,17H2,1H3,(H2,18,19);1H3. The molecule has 0 fully saturated rings. The van der Waals surface area contributed by atoms with Crippen LogP contribution < -0.4 is 22.4 Å². The minimum absolute atomic E-state index is 0. The topological polar surface area (TPSA) is 122 Å². The third-order valence-electron chi connectivity index (χ3n) is 2.74. The average molecular weight is 315 g/mol. The first-order chi connectivity index (χ1) is 9.84. The van der Waals surface area contributed by atoms with Crippen LogP contribution in [0.5, 0.6) is 5.88 Å². The molecule has 0 saturated carbocycles. The fraction of sp³-hybridized carbons (Fsp3) is 0.231.